The van der Waals surface area contributed by atoms with Crippen LogP contribution in [0.2, 0.25) is 0 Å². The van der Waals surface area contributed by atoms with E-state index >= 15 is 0 Å². The van der Waals surface area contributed by atoms with Gasteiger partial charge in [0, 0.05) is 23.0 Å². The van der Waals surface area contributed by atoms with E-state index in [1.807, 2.05) is 70.4 Å². The molecule has 3 aromatic rings. The number of aliphatic hydroxyl groups is 2. The van der Waals surface area contributed by atoms with Gasteiger partial charge in [-0.15, -0.1) is 0 Å². The predicted molar refractivity (Wildman–Crippen MR) is 120 cm³/mol. The topological polar surface area (TPSA) is 108 Å². The summed E-state index contributed by atoms with van der Waals surface area (Å²) in [6, 6.07) is 17.5. The second kappa shape index (κ2) is 7.73. The van der Waals surface area contributed by atoms with Crippen molar-refractivity contribution in [1.29, 1.82) is 0 Å². The number of rotatable bonds is 4. The van der Waals surface area contributed by atoms with Gasteiger partial charge in [-0.25, -0.2) is 4.99 Å². The third-order valence-corrected chi connectivity index (χ3v) is 5.78. The number of ether oxygens (including phenoxy) is 1. The second-order valence-electron chi connectivity index (χ2n) is 7.94. The molecule has 0 saturated carbocycles. The summed E-state index contributed by atoms with van der Waals surface area (Å²) in [5.41, 5.74) is 13.8. The van der Waals surface area contributed by atoms with Crippen LogP contribution >= 0.6 is 0 Å². The van der Waals surface area contributed by atoms with Gasteiger partial charge in [-0.05, 0) is 36.8 Å². The number of nitrogens with two attached hydrogens (primary N) is 1. The number of hydrazine groups is 1. The van der Waals surface area contributed by atoms with E-state index in [-0.39, 0.29) is 0 Å². The molecule has 160 valence electrons. The zero-order chi connectivity index (χ0) is 21.5. The number of nitrogens with one attached hydrogen (secondary N) is 1. The number of benzene rings is 2. The highest BCUT2D eigenvalue weighted by atomic mass is 16.6. The minimum absolute atomic E-state index is 0.463. The summed E-state index contributed by atoms with van der Waals surface area (Å²) >= 11 is 0. The number of aliphatic hydroxyl groups excluding tert-OH is 2. The Hall–Kier alpha value is -3.33. The number of fused-ring (bicyclic) bond motifs is 1. The lowest BCUT2D eigenvalue weighted by Gasteiger charge is -2.26. The molecule has 0 radical (unpaired) electrons. The number of anilines is 2. The van der Waals surface area contributed by atoms with Crippen LogP contribution in [-0.4, -0.2) is 44.4 Å². The van der Waals surface area contributed by atoms with Crippen molar-refractivity contribution in [1.82, 2.24) is 9.58 Å². The lowest BCUT2D eigenvalue weighted by Crippen LogP contribution is -2.31. The fourth-order valence-electron chi connectivity index (χ4n) is 4.10. The fraction of sp³-hybridized carbons (Fsp3) is 0.261. The minimum Gasteiger partial charge on any atom is -0.399 e. The van der Waals surface area contributed by atoms with Gasteiger partial charge in [0.05, 0.1) is 18.3 Å². The molecule has 2 aliphatic rings. The highest BCUT2D eigenvalue weighted by molar-refractivity contribution is 5.77. The summed E-state index contributed by atoms with van der Waals surface area (Å²) < 4.78 is 7.69. The van der Waals surface area contributed by atoms with Crippen LogP contribution in [0.15, 0.2) is 65.8 Å². The summed E-state index contributed by atoms with van der Waals surface area (Å²) in [6.07, 6.45) is 0.517. The van der Waals surface area contributed by atoms with E-state index in [1.165, 1.54) is 0 Å². The van der Waals surface area contributed by atoms with E-state index in [1.54, 1.807) is 13.3 Å². The molecule has 4 atom stereocenters. The van der Waals surface area contributed by atoms with Crippen LogP contribution in [-0.2, 0) is 11.3 Å². The van der Waals surface area contributed by atoms with Crippen LogP contribution < -0.4 is 11.2 Å². The van der Waals surface area contributed by atoms with Crippen LogP contribution in [0.3, 0.4) is 0 Å². The predicted octanol–water partition coefficient (Wildman–Crippen LogP) is 2.88. The molecule has 0 bridgehead atoms. The average molecular weight is 419 g/mol. The van der Waals surface area contributed by atoms with Gasteiger partial charge >= 0.3 is 0 Å². The zero-order valence-corrected chi connectivity index (χ0v) is 17.1. The first kappa shape index (κ1) is 19.6. The monoisotopic (exact) mass is 419 g/mol. The van der Waals surface area contributed by atoms with Crippen molar-refractivity contribution in [2.24, 2.45) is 4.99 Å². The number of hydrogen-bond acceptors (Lipinski definition) is 7. The largest absolute Gasteiger partial charge is 0.399 e. The maximum atomic E-state index is 10.6. The highest BCUT2D eigenvalue weighted by Crippen LogP contribution is 2.41. The Morgan fingerprint density at radius 3 is 2.48 bits per heavy atom. The third kappa shape index (κ3) is 3.54. The normalized spacial score (nSPS) is 24.9. The number of nitrogen functional groups attached to an aromatic ring is 1. The van der Waals surface area contributed by atoms with E-state index in [0.29, 0.717) is 18.1 Å². The van der Waals surface area contributed by atoms with Crippen molar-refractivity contribution < 1.29 is 14.9 Å². The maximum absolute atomic E-state index is 10.6. The number of aromatic nitrogens is 1. The van der Waals surface area contributed by atoms with Gasteiger partial charge in [-0.3, -0.25) is 10.4 Å². The molecule has 31 heavy (non-hydrogen) atoms. The van der Waals surface area contributed by atoms with Gasteiger partial charge in [0.2, 0.25) is 0 Å². The van der Waals surface area contributed by atoms with Crippen LogP contribution in [0.1, 0.15) is 18.7 Å². The number of nitrogens with zero attached hydrogens (tertiary/aromatic N) is 3. The molecule has 0 aliphatic carbocycles. The summed E-state index contributed by atoms with van der Waals surface area (Å²) in [5, 5.41) is 22.6. The molecule has 0 unspecified atom stereocenters. The first-order valence-electron chi connectivity index (χ1n) is 10.2. The molecule has 0 amide bonds. The molecule has 8 nitrogen and oxygen atoms in total. The summed E-state index contributed by atoms with van der Waals surface area (Å²) in [6.45, 7) is 2.31. The maximum Gasteiger partial charge on any atom is 0.164 e. The lowest BCUT2D eigenvalue weighted by atomic mass is 10.0. The van der Waals surface area contributed by atoms with Gasteiger partial charge in [-0.2, -0.15) is 0 Å². The number of hydrogen-bond donors (Lipinski definition) is 4. The molecule has 2 aliphatic heterocycles. The SMILES string of the molecule is C[C@H]1O[C@@H](n2cc(-c3ccccc3)c3c2N=CN(Nc2ccc(N)cc2)C3)[C@H](O)[C@@H]1O. The number of aliphatic imine (C=N–C) groups is 1. The van der Waals surface area contributed by atoms with Crippen LogP contribution in [0.25, 0.3) is 11.1 Å². The summed E-state index contributed by atoms with van der Waals surface area (Å²) in [7, 11) is 0. The van der Waals surface area contributed by atoms with Crippen LogP contribution in [0.4, 0.5) is 17.2 Å². The van der Waals surface area contributed by atoms with Crippen molar-refractivity contribution >= 4 is 23.5 Å². The van der Waals surface area contributed by atoms with E-state index in [4.69, 9.17) is 10.5 Å². The van der Waals surface area contributed by atoms with Crippen molar-refractivity contribution in [3.63, 3.8) is 0 Å². The van der Waals surface area contributed by atoms with E-state index in [0.717, 1.165) is 22.4 Å². The van der Waals surface area contributed by atoms with Crippen molar-refractivity contribution in [2.75, 3.05) is 11.2 Å². The third-order valence-electron chi connectivity index (χ3n) is 5.78. The standard InChI is InChI=1S/C23H25N5O3/c1-14-20(29)21(30)23(31-14)28-12-18(15-5-3-2-4-6-15)19-11-27(13-25-22(19)28)26-17-9-7-16(24)8-10-17/h2-10,12-14,20-21,23,26,29-30H,11,24H2,1H3/t14-,20-,21-,23-/m1/s1. The molecular weight excluding hydrogens is 394 g/mol. The Bertz CT molecular complexity index is 1100. The average Bonchev–Trinajstić information content (AvgIpc) is 3.28. The zero-order valence-electron chi connectivity index (χ0n) is 17.1. The fourth-order valence-corrected chi connectivity index (χ4v) is 4.10. The minimum atomic E-state index is -1.03. The van der Waals surface area contributed by atoms with E-state index in [9.17, 15) is 10.2 Å². The quantitative estimate of drug-likeness (QED) is 0.485. The van der Waals surface area contributed by atoms with Gasteiger partial charge in [-0.1, -0.05) is 30.3 Å². The molecule has 2 aromatic carbocycles. The van der Waals surface area contributed by atoms with Gasteiger partial charge in [0.1, 0.15) is 24.4 Å². The Kier molecular flexibility index (Phi) is 4.90. The van der Waals surface area contributed by atoms with Crippen molar-refractivity contribution in [2.45, 2.75) is 38.0 Å². The second-order valence-corrected chi connectivity index (χ2v) is 7.94. The van der Waals surface area contributed by atoms with Gasteiger partial charge < -0.3 is 25.3 Å². The van der Waals surface area contributed by atoms with Crippen molar-refractivity contribution in [3.8, 4) is 11.1 Å². The first-order valence-corrected chi connectivity index (χ1v) is 10.2. The lowest BCUT2D eigenvalue weighted by molar-refractivity contribution is -0.0308. The van der Waals surface area contributed by atoms with E-state index < -0.39 is 24.5 Å². The summed E-state index contributed by atoms with van der Waals surface area (Å²) in [4.78, 5) is 4.67. The van der Waals surface area contributed by atoms with Gasteiger partial charge in [0.15, 0.2) is 6.23 Å². The van der Waals surface area contributed by atoms with Crippen LogP contribution in [0.5, 0.6) is 0 Å². The molecule has 0 spiro atoms. The molecule has 5 rings (SSSR count). The molecule has 1 aromatic heterocycles. The molecule has 1 saturated heterocycles. The highest BCUT2D eigenvalue weighted by Gasteiger charge is 2.42. The molecule has 1 fully saturated rings. The summed E-state index contributed by atoms with van der Waals surface area (Å²) in [5.74, 6) is 0.708. The van der Waals surface area contributed by atoms with E-state index in [2.05, 4.69) is 10.4 Å². The van der Waals surface area contributed by atoms with Crippen molar-refractivity contribution in [3.05, 3.63) is 66.4 Å². The Labute approximate surface area is 180 Å². The Morgan fingerprint density at radius 2 is 1.81 bits per heavy atom. The first-order chi connectivity index (χ1) is 15.0. The molecular formula is C23H25N5O3. The molecule has 3 heterocycles. The molecule has 5 N–H and O–H groups in total. The smallest absolute Gasteiger partial charge is 0.164 e. The van der Waals surface area contributed by atoms with Crippen LogP contribution in [0, 0.1) is 0 Å². The Balaban J connectivity index is 1.52. The molecule has 8 heteroatoms. The van der Waals surface area contributed by atoms with Gasteiger partial charge in [0.25, 0.3) is 0 Å². The Morgan fingerprint density at radius 1 is 1.06 bits per heavy atom.